The van der Waals surface area contributed by atoms with Crippen molar-refractivity contribution in [3.05, 3.63) is 77.1 Å². The highest BCUT2D eigenvalue weighted by Crippen LogP contribution is 2.51. The van der Waals surface area contributed by atoms with Crippen molar-refractivity contribution < 1.29 is 9.53 Å². The fourth-order valence-corrected chi connectivity index (χ4v) is 6.41. The van der Waals surface area contributed by atoms with Crippen molar-refractivity contribution in [2.24, 2.45) is 11.1 Å². The smallest absolute Gasteiger partial charge is 0.293 e. The maximum Gasteiger partial charge on any atom is 0.293 e. The zero-order chi connectivity index (χ0) is 24.5. The quantitative estimate of drug-likeness (QED) is 0.536. The number of hydrogen-bond acceptors (Lipinski definition) is 7. The molecule has 0 radical (unpaired) electrons. The van der Waals surface area contributed by atoms with Crippen LogP contribution in [0.2, 0.25) is 0 Å². The molecule has 2 aliphatic heterocycles. The molecule has 0 unspecified atom stereocenters. The van der Waals surface area contributed by atoms with Crippen LogP contribution >= 0.6 is 0 Å². The number of anilines is 3. The van der Waals surface area contributed by atoms with E-state index in [2.05, 4.69) is 58.3 Å². The molecule has 7 nitrogen and oxygen atoms in total. The van der Waals surface area contributed by atoms with Gasteiger partial charge in [0, 0.05) is 31.4 Å². The predicted molar refractivity (Wildman–Crippen MR) is 140 cm³/mol. The van der Waals surface area contributed by atoms with Gasteiger partial charge in [0.2, 0.25) is 0 Å². The minimum absolute atomic E-state index is 0.0743. The first-order valence-corrected chi connectivity index (χ1v) is 13.0. The number of nitrogens with two attached hydrogens (primary N) is 1. The van der Waals surface area contributed by atoms with E-state index in [1.165, 1.54) is 22.4 Å². The van der Waals surface area contributed by atoms with Crippen LogP contribution in [0.1, 0.15) is 54.1 Å². The molecule has 1 atom stereocenters. The second-order valence-electron chi connectivity index (χ2n) is 10.3. The third kappa shape index (κ3) is 4.01. The van der Waals surface area contributed by atoms with Crippen LogP contribution in [0, 0.1) is 5.41 Å². The van der Waals surface area contributed by atoms with Gasteiger partial charge >= 0.3 is 0 Å². The molecule has 36 heavy (non-hydrogen) atoms. The Balaban J connectivity index is 1.26. The molecule has 3 aromatic rings. The van der Waals surface area contributed by atoms with Gasteiger partial charge in [0.1, 0.15) is 12.3 Å². The predicted octanol–water partition coefficient (Wildman–Crippen LogP) is 4.47. The molecule has 1 fully saturated rings. The Morgan fingerprint density at radius 1 is 1.03 bits per heavy atom. The van der Waals surface area contributed by atoms with Gasteiger partial charge in [-0.15, -0.1) is 0 Å². The van der Waals surface area contributed by atoms with E-state index in [9.17, 15) is 4.79 Å². The third-order valence-electron chi connectivity index (χ3n) is 8.39. The largest absolute Gasteiger partial charge is 0.461 e. The summed E-state index contributed by atoms with van der Waals surface area (Å²) in [4.78, 5) is 25.5. The molecule has 2 N–H and O–H groups in total. The maximum absolute atomic E-state index is 11.1. The van der Waals surface area contributed by atoms with Crippen LogP contribution in [0.3, 0.4) is 0 Å². The molecule has 1 saturated heterocycles. The van der Waals surface area contributed by atoms with Crippen molar-refractivity contribution in [3.8, 4) is 0 Å². The van der Waals surface area contributed by atoms with E-state index in [4.69, 9.17) is 20.4 Å². The number of aryl methyl sites for hydroxylation is 1. The summed E-state index contributed by atoms with van der Waals surface area (Å²) in [5.74, 6) is 1.61. The average Bonchev–Trinajstić information content (AvgIpc) is 3.05. The van der Waals surface area contributed by atoms with Gasteiger partial charge in [-0.2, -0.15) is 0 Å². The zero-order valence-electron chi connectivity index (χ0n) is 20.6. The maximum atomic E-state index is 11.1. The van der Waals surface area contributed by atoms with E-state index in [1.807, 2.05) is 6.20 Å². The molecular weight excluding hydrogens is 450 g/mol. The number of para-hydroxylation sites is 1. The summed E-state index contributed by atoms with van der Waals surface area (Å²) in [5.41, 5.74) is 12.8. The molecule has 0 amide bonds. The Morgan fingerprint density at radius 2 is 1.81 bits per heavy atom. The van der Waals surface area contributed by atoms with Crippen LogP contribution in [0.5, 0.6) is 0 Å². The summed E-state index contributed by atoms with van der Waals surface area (Å²) in [6, 6.07) is 17.2. The van der Waals surface area contributed by atoms with Crippen LogP contribution in [0.4, 0.5) is 17.3 Å². The Labute approximate surface area is 212 Å². The fraction of sp³-hybridized carbons (Fsp3) is 0.414. The SMILES string of the molecule is N[C@@H]1c2ccccc2CC12CCN(c1ncc(N3CCCCc4ccccc43)nc1COC=O)CC2. The Bertz CT molecular complexity index is 1250. The number of nitrogens with zero attached hydrogens (tertiary/aromatic N) is 4. The minimum Gasteiger partial charge on any atom is -0.461 e. The number of carbonyl (C=O) groups excluding carboxylic acids is 1. The van der Waals surface area contributed by atoms with Gasteiger partial charge in [0.05, 0.1) is 6.20 Å². The topological polar surface area (TPSA) is 84.6 Å². The van der Waals surface area contributed by atoms with Crippen LogP contribution in [0.15, 0.2) is 54.7 Å². The first-order valence-electron chi connectivity index (χ1n) is 13.0. The van der Waals surface area contributed by atoms with E-state index in [0.29, 0.717) is 12.2 Å². The summed E-state index contributed by atoms with van der Waals surface area (Å²) >= 11 is 0. The van der Waals surface area contributed by atoms with Crippen LogP contribution in [-0.2, 0) is 29.0 Å². The van der Waals surface area contributed by atoms with Crippen molar-refractivity contribution in [1.82, 2.24) is 9.97 Å². The molecule has 1 aromatic heterocycles. The first-order chi connectivity index (χ1) is 17.7. The number of hydrogen-bond donors (Lipinski definition) is 1. The molecular formula is C29H33N5O2. The van der Waals surface area contributed by atoms with Crippen LogP contribution in [0.25, 0.3) is 0 Å². The van der Waals surface area contributed by atoms with Crippen molar-refractivity contribution in [3.63, 3.8) is 0 Å². The lowest BCUT2D eigenvalue weighted by Crippen LogP contribution is -2.45. The second kappa shape index (κ2) is 9.54. The number of benzene rings is 2. The average molecular weight is 484 g/mol. The molecule has 3 heterocycles. The van der Waals surface area contributed by atoms with Gasteiger partial charge in [-0.1, -0.05) is 42.5 Å². The number of piperidine rings is 1. The van der Waals surface area contributed by atoms with E-state index < -0.39 is 0 Å². The van der Waals surface area contributed by atoms with E-state index in [-0.39, 0.29) is 18.1 Å². The molecule has 7 heteroatoms. The Hall–Kier alpha value is -3.45. The lowest BCUT2D eigenvalue weighted by Gasteiger charge is -2.43. The summed E-state index contributed by atoms with van der Waals surface area (Å²) < 4.78 is 5.19. The normalized spacial score (nSPS) is 20.5. The first kappa shape index (κ1) is 23.0. The molecule has 186 valence electrons. The van der Waals surface area contributed by atoms with Crippen molar-refractivity contribution in [2.75, 3.05) is 29.4 Å². The van der Waals surface area contributed by atoms with E-state index >= 15 is 0 Å². The highest BCUT2D eigenvalue weighted by molar-refractivity contribution is 5.65. The zero-order valence-corrected chi connectivity index (χ0v) is 20.6. The Morgan fingerprint density at radius 3 is 2.61 bits per heavy atom. The lowest BCUT2D eigenvalue weighted by atomic mass is 9.73. The number of rotatable bonds is 5. The highest BCUT2D eigenvalue weighted by Gasteiger charge is 2.46. The molecule has 0 bridgehead atoms. The molecule has 6 rings (SSSR count). The Kier molecular flexibility index (Phi) is 6.09. The van der Waals surface area contributed by atoms with Gasteiger partial charge < -0.3 is 20.3 Å². The molecule has 1 spiro atoms. The summed E-state index contributed by atoms with van der Waals surface area (Å²) in [7, 11) is 0. The number of carbonyl (C=O) groups is 1. The van der Waals surface area contributed by atoms with Gasteiger partial charge in [-0.3, -0.25) is 4.79 Å². The van der Waals surface area contributed by atoms with E-state index in [1.54, 1.807) is 0 Å². The van der Waals surface area contributed by atoms with Gasteiger partial charge in [-0.05, 0) is 66.7 Å². The van der Waals surface area contributed by atoms with Crippen molar-refractivity contribution in [2.45, 2.75) is 51.2 Å². The third-order valence-corrected chi connectivity index (χ3v) is 8.39. The monoisotopic (exact) mass is 483 g/mol. The van der Waals surface area contributed by atoms with Gasteiger partial charge in [-0.25, -0.2) is 9.97 Å². The second-order valence-corrected chi connectivity index (χ2v) is 10.3. The number of aromatic nitrogens is 2. The van der Waals surface area contributed by atoms with Crippen molar-refractivity contribution in [1.29, 1.82) is 0 Å². The minimum atomic E-state index is 0.0743. The summed E-state index contributed by atoms with van der Waals surface area (Å²) in [5, 5.41) is 0. The summed E-state index contributed by atoms with van der Waals surface area (Å²) in [6.07, 6.45) is 8.23. The fourth-order valence-electron chi connectivity index (χ4n) is 6.41. The van der Waals surface area contributed by atoms with Gasteiger partial charge in [0.25, 0.3) is 6.47 Å². The van der Waals surface area contributed by atoms with Crippen molar-refractivity contribution >= 4 is 23.8 Å². The lowest BCUT2D eigenvalue weighted by molar-refractivity contribution is -0.129. The van der Waals surface area contributed by atoms with Gasteiger partial charge in [0.15, 0.2) is 11.6 Å². The number of ether oxygens (including phenoxy) is 1. The molecule has 3 aliphatic rings. The molecule has 0 saturated carbocycles. The molecule has 2 aromatic carbocycles. The van der Waals surface area contributed by atoms with Crippen LogP contribution in [-0.4, -0.2) is 36.1 Å². The highest BCUT2D eigenvalue weighted by atomic mass is 16.5. The summed E-state index contributed by atoms with van der Waals surface area (Å²) in [6.45, 7) is 3.21. The standard InChI is InChI=1S/C29H33N5O2/c30-27-23-10-3-1-9-22(23)17-29(27)12-15-33(16-13-29)28-24(19-36-20-35)32-26(18-31-28)34-14-6-5-8-21-7-2-4-11-25(21)34/h1-4,7,9-11,18,20,27H,5-6,8,12-17,19,30H2/t27-/m1/s1. The molecule has 1 aliphatic carbocycles. The number of fused-ring (bicyclic) bond motifs is 2. The van der Waals surface area contributed by atoms with Crippen LogP contribution < -0.4 is 15.5 Å². The van der Waals surface area contributed by atoms with E-state index in [0.717, 1.165) is 69.8 Å².